The molecule has 1 radical (unpaired) electrons. The van der Waals surface area contributed by atoms with E-state index in [1.807, 2.05) is 65.8 Å². The van der Waals surface area contributed by atoms with E-state index in [2.05, 4.69) is 20.5 Å². The molecule has 0 aliphatic carbocycles. The first-order chi connectivity index (χ1) is 26.5. The zero-order valence-electron chi connectivity index (χ0n) is 32.1. The number of azo groups is 2. The number of nitrogens with zero attached hydrogens (tertiary/aromatic N) is 6. The van der Waals surface area contributed by atoms with E-state index in [4.69, 9.17) is 0 Å². The first kappa shape index (κ1) is 43.3. The molecule has 4 N–H and O–H groups in total. The molecule has 6 aromatic carbocycles. The Labute approximate surface area is 338 Å². The van der Waals surface area contributed by atoms with Gasteiger partial charge in [0.05, 0.1) is 9.85 Å². The largest absolute Gasteiger partial charge is 0.505 e. The summed E-state index contributed by atoms with van der Waals surface area (Å²) < 4.78 is 0. The van der Waals surface area contributed by atoms with E-state index in [0.29, 0.717) is 21.9 Å². The van der Waals surface area contributed by atoms with Gasteiger partial charge in [-0.05, 0) is 69.8 Å². The molecule has 14 nitrogen and oxygen atoms in total. The molecule has 0 saturated carbocycles. The summed E-state index contributed by atoms with van der Waals surface area (Å²) >= 11 is 0. The van der Waals surface area contributed by atoms with Crippen molar-refractivity contribution in [3.05, 3.63) is 128 Å². The van der Waals surface area contributed by atoms with Gasteiger partial charge in [0.1, 0.15) is 22.7 Å². The van der Waals surface area contributed by atoms with Crippen LogP contribution in [0.2, 0.25) is 0 Å². The summed E-state index contributed by atoms with van der Waals surface area (Å²) in [4.78, 5) is 21.4. The molecule has 0 aliphatic rings. The summed E-state index contributed by atoms with van der Waals surface area (Å²) in [5, 5.41) is 83.2. The monoisotopic (exact) mass is 817 g/mol. The molecule has 0 heterocycles. The number of aromatic hydroxyl groups is 4. The Morgan fingerprint density at radius 1 is 0.509 bits per heavy atom. The van der Waals surface area contributed by atoms with Crippen molar-refractivity contribution in [1.29, 1.82) is 0 Å². The van der Waals surface area contributed by atoms with Gasteiger partial charge in [0.25, 0.3) is 0 Å². The van der Waals surface area contributed by atoms with Gasteiger partial charge in [0.2, 0.25) is 11.5 Å². The number of hydrogen-bond acceptors (Lipinski definition) is 12. The van der Waals surface area contributed by atoms with Gasteiger partial charge in [-0.25, -0.2) is 0 Å². The molecule has 0 bridgehead atoms. The minimum absolute atomic E-state index is 0. The SMILES string of the molecule is CCC(C)(C)c1cc(N=Nc2ccc3ccccc3c2O)c(O)c([N+](=O)[O-])c1.CCC(C)(C)c1cc(N=Nc2ccc3ccccc3c2O)c(O)c([N+](=O)[O-])c1.[Co]. The molecule has 0 atom stereocenters. The molecule has 0 aliphatic heterocycles. The van der Waals surface area contributed by atoms with Crippen LogP contribution < -0.4 is 0 Å². The first-order valence-electron chi connectivity index (χ1n) is 17.8. The Morgan fingerprint density at radius 2 is 0.842 bits per heavy atom. The average molecular weight is 818 g/mol. The van der Waals surface area contributed by atoms with Crippen LogP contribution in [0.5, 0.6) is 23.0 Å². The van der Waals surface area contributed by atoms with E-state index in [-0.39, 0.29) is 61.9 Å². The van der Waals surface area contributed by atoms with Crippen LogP contribution in [0.4, 0.5) is 34.1 Å². The summed E-state index contributed by atoms with van der Waals surface area (Å²) in [5.41, 5.74) is 0.221. The smallest absolute Gasteiger partial charge is 0.313 e. The van der Waals surface area contributed by atoms with Crippen LogP contribution in [0.1, 0.15) is 65.5 Å². The maximum atomic E-state index is 11.3. The summed E-state index contributed by atoms with van der Waals surface area (Å²) in [7, 11) is 0. The van der Waals surface area contributed by atoms with E-state index >= 15 is 0 Å². The number of fused-ring (bicyclic) bond motifs is 2. The van der Waals surface area contributed by atoms with Gasteiger partial charge in [0, 0.05) is 39.7 Å². The maximum absolute atomic E-state index is 11.3. The number of phenolic OH excluding ortho intramolecular Hbond substituents is 4. The first-order valence-corrected chi connectivity index (χ1v) is 17.8. The summed E-state index contributed by atoms with van der Waals surface area (Å²) in [6.07, 6.45) is 1.49. The summed E-state index contributed by atoms with van der Waals surface area (Å²) in [6.45, 7) is 11.8. The van der Waals surface area contributed by atoms with E-state index < -0.39 is 32.7 Å². The van der Waals surface area contributed by atoms with Crippen LogP contribution in [-0.2, 0) is 27.6 Å². The second-order valence-electron chi connectivity index (χ2n) is 14.4. The van der Waals surface area contributed by atoms with Crippen molar-refractivity contribution >= 4 is 55.7 Å². The van der Waals surface area contributed by atoms with Crippen molar-refractivity contribution in [3.8, 4) is 23.0 Å². The third-order valence-corrected chi connectivity index (χ3v) is 10.2. The standard InChI is InChI=1S/2C21H21N3O4.Co/c2*1-4-21(2,3)14-11-17(20(26)18(12-14)24(27)28)23-22-16-10-9-13-7-5-6-8-15(13)19(16)25;/h2*5-12,25-26H,4H2,1-3H3;. The molecule has 0 fully saturated rings. The predicted molar refractivity (Wildman–Crippen MR) is 216 cm³/mol. The third-order valence-electron chi connectivity index (χ3n) is 10.2. The van der Waals surface area contributed by atoms with Gasteiger partial charge >= 0.3 is 11.4 Å². The van der Waals surface area contributed by atoms with Crippen molar-refractivity contribution in [1.82, 2.24) is 0 Å². The number of hydrogen-bond donors (Lipinski definition) is 4. The normalized spacial score (nSPS) is 11.8. The number of rotatable bonds is 10. The number of nitro groups is 2. The van der Waals surface area contributed by atoms with E-state index in [1.165, 1.54) is 12.1 Å². The summed E-state index contributed by atoms with van der Waals surface area (Å²) in [5.74, 6) is -1.18. The molecule has 0 aromatic heterocycles. The number of phenols is 4. The Hall–Kier alpha value is -6.45. The molecule has 0 amide bonds. The fraction of sp³-hybridized carbons (Fsp3) is 0.238. The van der Waals surface area contributed by atoms with Crippen LogP contribution in [-0.4, -0.2) is 30.3 Å². The van der Waals surface area contributed by atoms with Crippen molar-refractivity contribution < 1.29 is 47.1 Å². The Morgan fingerprint density at radius 3 is 1.18 bits per heavy atom. The Kier molecular flexibility index (Phi) is 13.3. The van der Waals surface area contributed by atoms with Crippen molar-refractivity contribution in [2.24, 2.45) is 20.5 Å². The molecule has 0 spiro atoms. The minimum Gasteiger partial charge on any atom is -0.505 e. The average Bonchev–Trinajstić information content (AvgIpc) is 3.18. The van der Waals surface area contributed by atoms with Crippen molar-refractivity contribution in [2.75, 3.05) is 0 Å². The van der Waals surface area contributed by atoms with Crippen molar-refractivity contribution in [2.45, 2.75) is 65.2 Å². The van der Waals surface area contributed by atoms with Gasteiger partial charge in [-0.1, -0.05) is 102 Å². The quantitative estimate of drug-likeness (QED) is 0.0591. The Balaban J connectivity index is 0.000000248. The van der Waals surface area contributed by atoms with E-state index in [0.717, 1.165) is 23.6 Å². The molecule has 15 heteroatoms. The molecular weight excluding hydrogens is 775 g/mol. The molecule has 57 heavy (non-hydrogen) atoms. The zero-order valence-corrected chi connectivity index (χ0v) is 33.1. The Bertz CT molecular complexity index is 2360. The zero-order chi connectivity index (χ0) is 40.9. The molecule has 6 rings (SSSR count). The van der Waals surface area contributed by atoms with Gasteiger partial charge in [-0.2, -0.15) is 0 Å². The third kappa shape index (κ3) is 9.33. The van der Waals surface area contributed by atoms with Crippen LogP contribution in [0.15, 0.2) is 118 Å². The number of benzene rings is 6. The fourth-order valence-corrected chi connectivity index (χ4v) is 5.69. The molecule has 0 saturated heterocycles. The molecule has 0 unspecified atom stereocenters. The van der Waals surface area contributed by atoms with Crippen LogP contribution >= 0.6 is 0 Å². The minimum atomic E-state index is -0.642. The van der Waals surface area contributed by atoms with Gasteiger partial charge in [-0.3, -0.25) is 20.2 Å². The molecule has 6 aromatic rings. The maximum Gasteiger partial charge on any atom is 0.313 e. The van der Waals surface area contributed by atoms with Gasteiger partial charge in [0.15, 0.2) is 11.5 Å². The van der Waals surface area contributed by atoms with E-state index in [1.54, 1.807) is 60.7 Å². The predicted octanol–water partition coefficient (Wildman–Crippen LogP) is 12.5. The van der Waals surface area contributed by atoms with Gasteiger partial charge < -0.3 is 20.4 Å². The number of nitro benzene ring substituents is 2. The van der Waals surface area contributed by atoms with E-state index in [9.17, 15) is 40.7 Å². The van der Waals surface area contributed by atoms with Crippen LogP contribution in [0.25, 0.3) is 21.5 Å². The second-order valence-corrected chi connectivity index (χ2v) is 14.4. The van der Waals surface area contributed by atoms with Gasteiger partial charge in [-0.15, -0.1) is 20.5 Å². The molecule has 297 valence electrons. The van der Waals surface area contributed by atoms with Crippen molar-refractivity contribution in [3.63, 3.8) is 0 Å². The second kappa shape index (κ2) is 17.6. The topological polar surface area (TPSA) is 217 Å². The van der Waals surface area contributed by atoms with Crippen LogP contribution in [0, 0.1) is 20.2 Å². The van der Waals surface area contributed by atoms with Crippen LogP contribution in [0.3, 0.4) is 0 Å². The summed E-state index contributed by atoms with van der Waals surface area (Å²) in [6, 6.07) is 27.3. The fourth-order valence-electron chi connectivity index (χ4n) is 5.69. The molecular formula is C42H42CoN6O8.